The number of amides is 1. The van der Waals surface area contributed by atoms with Crippen LogP contribution in [0.2, 0.25) is 0 Å². The second-order valence-corrected chi connectivity index (χ2v) is 8.26. The van der Waals surface area contributed by atoms with E-state index in [2.05, 4.69) is 5.32 Å². The van der Waals surface area contributed by atoms with Gasteiger partial charge in [0.25, 0.3) is 0 Å². The number of hydrogen-bond acceptors (Lipinski definition) is 4. The van der Waals surface area contributed by atoms with Gasteiger partial charge < -0.3 is 11.1 Å². The lowest BCUT2D eigenvalue weighted by molar-refractivity contribution is -0.115. The van der Waals surface area contributed by atoms with Crippen molar-refractivity contribution >= 4 is 29.6 Å². The summed E-state index contributed by atoms with van der Waals surface area (Å²) in [6.45, 7) is 0. The van der Waals surface area contributed by atoms with Crippen molar-refractivity contribution in [1.82, 2.24) is 9.97 Å². The SMILES string of the molecule is Nc1ccc2c(c1)CCc1nc(NC(=O)Cc3ccc(F)cc3)c(/C=C/c3ccccc3)nc1-2. The average molecular weight is 451 g/mol. The van der Waals surface area contributed by atoms with E-state index in [1.807, 2.05) is 60.7 Å². The molecule has 0 spiro atoms. The highest BCUT2D eigenvalue weighted by Crippen LogP contribution is 2.34. The summed E-state index contributed by atoms with van der Waals surface area (Å²) in [6, 6.07) is 21.6. The first kappa shape index (κ1) is 21.5. The molecule has 4 aromatic rings. The maximum atomic E-state index is 13.2. The molecule has 0 radical (unpaired) electrons. The molecule has 34 heavy (non-hydrogen) atoms. The Bertz CT molecular complexity index is 1380. The molecule has 0 saturated carbocycles. The number of nitrogens with zero attached hydrogens (tertiary/aromatic N) is 2. The first-order chi connectivity index (χ1) is 16.5. The van der Waals surface area contributed by atoms with Crippen LogP contribution in [0, 0.1) is 5.82 Å². The number of nitrogens with two attached hydrogens (primary N) is 1. The van der Waals surface area contributed by atoms with E-state index < -0.39 is 0 Å². The minimum absolute atomic E-state index is 0.114. The van der Waals surface area contributed by atoms with Crippen LogP contribution in [-0.2, 0) is 24.1 Å². The summed E-state index contributed by atoms with van der Waals surface area (Å²) in [6.07, 6.45) is 5.44. The Morgan fingerprint density at radius 1 is 0.971 bits per heavy atom. The van der Waals surface area contributed by atoms with Gasteiger partial charge in [-0.3, -0.25) is 4.79 Å². The van der Waals surface area contributed by atoms with Crippen molar-refractivity contribution in [3.8, 4) is 11.3 Å². The molecule has 1 amide bonds. The lowest BCUT2D eigenvalue weighted by atomic mass is 9.91. The molecule has 1 aliphatic rings. The van der Waals surface area contributed by atoms with Crippen LogP contribution in [0.15, 0.2) is 72.8 Å². The number of nitrogen functional groups attached to an aromatic ring is 1. The number of anilines is 2. The summed E-state index contributed by atoms with van der Waals surface area (Å²) < 4.78 is 13.2. The van der Waals surface area contributed by atoms with Gasteiger partial charge in [-0.25, -0.2) is 14.4 Å². The molecule has 6 heteroatoms. The van der Waals surface area contributed by atoms with Crippen LogP contribution >= 0.6 is 0 Å². The number of benzene rings is 3. The molecule has 3 N–H and O–H groups in total. The minimum atomic E-state index is -0.333. The molecule has 0 atom stereocenters. The smallest absolute Gasteiger partial charge is 0.230 e. The number of carbonyl (C=O) groups is 1. The van der Waals surface area contributed by atoms with Gasteiger partial charge in [-0.1, -0.05) is 54.6 Å². The number of aryl methyl sites for hydroxylation is 2. The molecule has 0 bridgehead atoms. The molecule has 5 rings (SSSR count). The Morgan fingerprint density at radius 3 is 2.56 bits per heavy atom. The number of carbonyl (C=O) groups excluding carboxylic acids is 1. The van der Waals surface area contributed by atoms with Crippen LogP contribution in [0.25, 0.3) is 23.4 Å². The highest BCUT2D eigenvalue weighted by molar-refractivity contribution is 5.94. The monoisotopic (exact) mass is 450 g/mol. The quantitative estimate of drug-likeness (QED) is 0.404. The van der Waals surface area contributed by atoms with Crippen LogP contribution < -0.4 is 11.1 Å². The van der Waals surface area contributed by atoms with Gasteiger partial charge in [-0.05, 0) is 59.9 Å². The molecule has 1 aliphatic carbocycles. The van der Waals surface area contributed by atoms with Crippen LogP contribution in [-0.4, -0.2) is 15.9 Å². The zero-order valence-electron chi connectivity index (χ0n) is 18.5. The van der Waals surface area contributed by atoms with Crippen LogP contribution in [0.4, 0.5) is 15.9 Å². The van der Waals surface area contributed by atoms with Gasteiger partial charge in [0.15, 0.2) is 5.82 Å². The molecular weight excluding hydrogens is 427 g/mol. The predicted octanol–water partition coefficient (Wildman–Crippen LogP) is 5.32. The molecule has 1 heterocycles. The van der Waals surface area contributed by atoms with Crippen molar-refractivity contribution < 1.29 is 9.18 Å². The van der Waals surface area contributed by atoms with Gasteiger partial charge in [-0.15, -0.1) is 0 Å². The van der Waals surface area contributed by atoms with Crippen LogP contribution in [0.5, 0.6) is 0 Å². The number of aromatic nitrogens is 2. The van der Waals surface area contributed by atoms with E-state index in [0.717, 1.165) is 45.7 Å². The lowest BCUT2D eigenvalue weighted by Gasteiger charge is -2.20. The van der Waals surface area contributed by atoms with Gasteiger partial charge >= 0.3 is 0 Å². The third-order valence-electron chi connectivity index (χ3n) is 5.78. The Kier molecular flexibility index (Phi) is 5.87. The van der Waals surface area contributed by atoms with Crippen molar-refractivity contribution in [3.05, 3.63) is 107 Å². The Hall–Kier alpha value is -4.32. The van der Waals surface area contributed by atoms with Crippen molar-refractivity contribution in [1.29, 1.82) is 0 Å². The van der Waals surface area contributed by atoms with Crippen LogP contribution in [0.1, 0.15) is 28.1 Å². The number of rotatable bonds is 5. The Labute approximate surface area is 197 Å². The lowest BCUT2D eigenvalue weighted by Crippen LogP contribution is -2.19. The third-order valence-corrected chi connectivity index (χ3v) is 5.78. The molecule has 0 unspecified atom stereocenters. The van der Waals surface area contributed by atoms with E-state index in [-0.39, 0.29) is 18.1 Å². The van der Waals surface area contributed by atoms with E-state index in [0.29, 0.717) is 17.9 Å². The van der Waals surface area contributed by atoms with Gasteiger partial charge in [0.2, 0.25) is 5.91 Å². The number of halogens is 1. The van der Waals surface area contributed by atoms with Gasteiger partial charge in [0.05, 0.1) is 17.8 Å². The van der Waals surface area contributed by atoms with Crippen molar-refractivity contribution in [2.24, 2.45) is 0 Å². The normalized spacial score (nSPS) is 12.3. The molecule has 1 aromatic heterocycles. The molecule has 5 nitrogen and oxygen atoms in total. The summed E-state index contributed by atoms with van der Waals surface area (Å²) >= 11 is 0. The molecule has 0 saturated heterocycles. The first-order valence-corrected chi connectivity index (χ1v) is 11.1. The standard InChI is InChI=1S/C28H23FN4O/c29-21-10-6-19(7-11-21)16-26(34)33-28-25(14-8-18-4-2-1-3-5-18)31-27-23-13-12-22(30)17-20(23)9-15-24(27)32-28/h1-8,10-14,17H,9,15-16,30H2,(H,32,33,34)/b14-8+. The maximum Gasteiger partial charge on any atom is 0.230 e. The average Bonchev–Trinajstić information content (AvgIpc) is 2.84. The highest BCUT2D eigenvalue weighted by atomic mass is 19.1. The fourth-order valence-corrected chi connectivity index (χ4v) is 4.09. The summed E-state index contributed by atoms with van der Waals surface area (Å²) in [7, 11) is 0. The maximum absolute atomic E-state index is 13.2. The topological polar surface area (TPSA) is 80.9 Å². The third kappa shape index (κ3) is 4.71. The van der Waals surface area contributed by atoms with E-state index in [9.17, 15) is 9.18 Å². The van der Waals surface area contributed by atoms with E-state index in [1.165, 1.54) is 12.1 Å². The Balaban J connectivity index is 1.50. The highest BCUT2D eigenvalue weighted by Gasteiger charge is 2.22. The van der Waals surface area contributed by atoms with Gasteiger partial charge in [-0.2, -0.15) is 0 Å². The molecule has 3 aromatic carbocycles. The second kappa shape index (κ2) is 9.27. The van der Waals surface area contributed by atoms with Crippen LogP contribution in [0.3, 0.4) is 0 Å². The van der Waals surface area contributed by atoms with Crippen molar-refractivity contribution in [2.75, 3.05) is 11.1 Å². The van der Waals surface area contributed by atoms with Crippen molar-refractivity contribution in [3.63, 3.8) is 0 Å². The molecular formula is C28H23FN4O. The number of hydrogen-bond donors (Lipinski definition) is 2. The number of fused-ring (bicyclic) bond motifs is 3. The largest absolute Gasteiger partial charge is 0.399 e. The predicted molar refractivity (Wildman–Crippen MR) is 133 cm³/mol. The van der Waals surface area contributed by atoms with E-state index in [1.54, 1.807) is 12.1 Å². The molecule has 0 aliphatic heterocycles. The fourth-order valence-electron chi connectivity index (χ4n) is 4.09. The second-order valence-electron chi connectivity index (χ2n) is 8.26. The van der Waals surface area contributed by atoms with E-state index in [4.69, 9.17) is 15.7 Å². The summed E-state index contributed by atoms with van der Waals surface area (Å²) in [4.78, 5) is 22.5. The van der Waals surface area contributed by atoms with Gasteiger partial charge in [0, 0.05) is 11.3 Å². The zero-order chi connectivity index (χ0) is 23.5. The molecule has 168 valence electrons. The van der Waals surface area contributed by atoms with E-state index >= 15 is 0 Å². The summed E-state index contributed by atoms with van der Waals surface area (Å²) in [5, 5.41) is 2.92. The van der Waals surface area contributed by atoms with Gasteiger partial charge in [0.1, 0.15) is 11.5 Å². The zero-order valence-corrected chi connectivity index (χ0v) is 18.5. The summed E-state index contributed by atoms with van der Waals surface area (Å²) in [5.41, 5.74) is 12.8. The minimum Gasteiger partial charge on any atom is -0.399 e. The fraction of sp³-hybridized carbons (Fsp3) is 0.107. The first-order valence-electron chi connectivity index (χ1n) is 11.1. The van der Waals surface area contributed by atoms with Crippen molar-refractivity contribution in [2.45, 2.75) is 19.3 Å². The summed E-state index contributed by atoms with van der Waals surface area (Å²) in [5.74, 6) is -0.156. The number of nitrogens with one attached hydrogen (secondary N) is 1. The Morgan fingerprint density at radius 2 is 1.76 bits per heavy atom. The molecule has 0 fully saturated rings.